The van der Waals surface area contributed by atoms with Gasteiger partial charge in [0, 0.05) is 17.1 Å². The van der Waals surface area contributed by atoms with Crippen LogP contribution in [0.15, 0.2) is 33.6 Å². The molecule has 0 aliphatic heterocycles. The fourth-order valence-electron chi connectivity index (χ4n) is 1.82. The molecule has 0 spiro atoms. The van der Waals surface area contributed by atoms with Gasteiger partial charge in [-0.2, -0.15) is 4.31 Å². The summed E-state index contributed by atoms with van der Waals surface area (Å²) in [4.78, 5) is 0.390. The van der Waals surface area contributed by atoms with Gasteiger partial charge in [-0.3, -0.25) is 0 Å². The SMILES string of the molecule is CCCN(C1CC1)S(=O)(=O)c1ccc(Br)cc1. The average molecular weight is 318 g/mol. The maximum absolute atomic E-state index is 12.4. The summed E-state index contributed by atoms with van der Waals surface area (Å²) >= 11 is 3.31. The molecule has 0 aromatic heterocycles. The molecule has 0 bridgehead atoms. The lowest BCUT2D eigenvalue weighted by Gasteiger charge is -2.21. The molecule has 0 unspecified atom stereocenters. The smallest absolute Gasteiger partial charge is 0.207 e. The molecule has 17 heavy (non-hydrogen) atoms. The second-order valence-corrected chi connectivity index (χ2v) is 7.11. The zero-order chi connectivity index (χ0) is 12.5. The monoisotopic (exact) mass is 317 g/mol. The summed E-state index contributed by atoms with van der Waals surface area (Å²) in [5, 5.41) is 0. The summed E-state index contributed by atoms with van der Waals surface area (Å²) in [7, 11) is -3.30. The van der Waals surface area contributed by atoms with Crippen LogP contribution in [0.4, 0.5) is 0 Å². The minimum Gasteiger partial charge on any atom is -0.207 e. The lowest BCUT2D eigenvalue weighted by molar-refractivity contribution is 0.403. The van der Waals surface area contributed by atoms with Crippen LogP contribution in [-0.4, -0.2) is 25.3 Å². The Labute approximate surface area is 111 Å². The van der Waals surface area contributed by atoms with Crippen LogP contribution in [0.25, 0.3) is 0 Å². The minimum atomic E-state index is -3.30. The van der Waals surface area contributed by atoms with Gasteiger partial charge in [0.2, 0.25) is 10.0 Å². The lowest BCUT2D eigenvalue weighted by Crippen LogP contribution is -2.33. The first-order valence-corrected chi connectivity index (χ1v) is 8.06. The Kier molecular flexibility index (Phi) is 3.90. The number of nitrogens with zero attached hydrogens (tertiary/aromatic N) is 1. The molecule has 1 aliphatic carbocycles. The van der Waals surface area contributed by atoms with Gasteiger partial charge in [0.25, 0.3) is 0 Å². The van der Waals surface area contributed by atoms with E-state index in [1.807, 2.05) is 6.92 Å². The molecule has 1 aliphatic rings. The van der Waals surface area contributed by atoms with Crippen molar-refractivity contribution >= 4 is 26.0 Å². The van der Waals surface area contributed by atoms with E-state index in [-0.39, 0.29) is 6.04 Å². The van der Waals surface area contributed by atoms with Crippen molar-refractivity contribution in [2.75, 3.05) is 6.54 Å². The third-order valence-corrected chi connectivity index (χ3v) is 5.31. The molecular weight excluding hydrogens is 302 g/mol. The summed E-state index contributed by atoms with van der Waals surface area (Å²) in [6.07, 6.45) is 2.85. The second kappa shape index (κ2) is 5.08. The summed E-state index contributed by atoms with van der Waals surface area (Å²) in [5.74, 6) is 0. The number of halogens is 1. The quantitative estimate of drug-likeness (QED) is 0.837. The van der Waals surface area contributed by atoms with E-state index in [4.69, 9.17) is 0 Å². The van der Waals surface area contributed by atoms with Gasteiger partial charge >= 0.3 is 0 Å². The van der Waals surface area contributed by atoms with Crippen molar-refractivity contribution in [2.45, 2.75) is 37.1 Å². The predicted octanol–water partition coefficient (Wildman–Crippen LogP) is 3.01. The van der Waals surface area contributed by atoms with Gasteiger partial charge in [-0.1, -0.05) is 22.9 Å². The van der Waals surface area contributed by atoms with Gasteiger partial charge in [0.05, 0.1) is 4.90 Å². The Morgan fingerprint density at radius 3 is 2.35 bits per heavy atom. The van der Waals surface area contributed by atoms with Crippen molar-refractivity contribution < 1.29 is 8.42 Å². The Morgan fingerprint density at radius 1 is 1.29 bits per heavy atom. The summed E-state index contributed by atoms with van der Waals surface area (Å²) in [5.41, 5.74) is 0. The van der Waals surface area contributed by atoms with Crippen LogP contribution in [0.2, 0.25) is 0 Å². The molecule has 0 amide bonds. The van der Waals surface area contributed by atoms with Gasteiger partial charge < -0.3 is 0 Å². The van der Waals surface area contributed by atoms with Crippen molar-refractivity contribution in [3.05, 3.63) is 28.7 Å². The number of benzene rings is 1. The first-order valence-electron chi connectivity index (χ1n) is 5.83. The molecule has 94 valence electrons. The fourth-order valence-corrected chi connectivity index (χ4v) is 3.87. The van der Waals surface area contributed by atoms with E-state index in [0.29, 0.717) is 11.4 Å². The third-order valence-electron chi connectivity index (χ3n) is 2.82. The molecule has 1 fully saturated rings. The molecule has 0 radical (unpaired) electrons. The predicted molar refractivity (Wildman–Crippen MR) is 71.3 cm³/mol. The Morgan fingerprint density at radius 2 is 1.88 bits per heavy atom. The highest BCUT2D eigenvalue weighted by Gasteiger charge is 2.37. The third kappa shape index (κ3) is 2.89. The number of hydrogen-bond acceptors (Lipinski definition) is 2. The van der Waals surface area contributed by atoms with E-state index in [1.54, 1.807) is 28.6 Å². The van der Waals surface area contributed by atoms with Crippen LogP contribution in [0, 0.1) is 0 Å². The Bertz CT molecular complexity index is 480. The van der Waals surface area contributed by atoms with Crippen LogP contribution in [-0.2, 0) is 10.0 Å². The Hall–Kier alpha value is -0.390. The zero-order valence-corrected chi connectivity index (χ0v) is 12.2. The normalized spacial score (nSPS) is 16.4. The summed E-state index contributed by atoms with van der Waals surface area (Å²) in [6, 6.07) is 7.08. The molecule has 1 aromatic carbocycles. The van der Waals surface area contributed by atoms with E-state index < -0.39 is 10.0 Å². The van der Waals surface area contributed by atoms with Gasteiger partial charge in [0.15, 0.2) is 0 Å². The summed E-state index contributed by atoms with van der Waals surface area (Å²) in [6.45, 7) is 2.62. The molecule has 1 aromatic rings. The first-order chi connectivity index (χ1) is 8.05. The van der Waals surface area contributed by atoms with E-state index >= 15 is 0 Å². The van der Waals surface area contributed by atoms with Crippen molar-refractivity contribution in [2.24, 2.45) is 0 Å². The topological polar surface area (TPSA) is 37.4 Å². The standard InChI is InChI=1S/C12H16BrNO2S/c1-2-9-14(11-5-6-11)17(15,16)12-7-3-10(13)4-8-12/h3-4,7-8,11H,2,5-6,9H2,1H3. The van der Waals surface area contributed by atoms with Crippen LogP contribution < -0.4 is 0 Å². The van der Waals surface area contributed by atoms with Crippen LogP contribution in [0.3, 0.4) is 0 Å². The van der Waals surface area contributed by atoms with Crippen LogP contribution >= 0.6 is 15.9 Å². The second-order valence-electron chi connectivity index (χ2n) is 4.30. The molecule has 0 N–H and O–H groups in total. The van der Waals surface area contributed by atoms with Crippen LogP contribution in [0.5, 0.6) is 0 Å². The minimum absolute atomic E-state index is 0.226. The fraction of sp³-hybridized carbons (Fsp3) is 0.500. The first kappa shape index (κ1) is 13.1. The molecule has 1 saturated carbocycles. The van der Waals surface area contributed by atoms with Crippen molar-refractivity contribution in [1.29, 1.82) is 0 Å². The average Bonchev–Trinajstić information content (AvgIpc) is 3.10. The Balaban J connectivity index is 2.30. The highest BCUT2D eigenvalue weighted by atomic mass is 79.9. The molecule has 3 nitrogen and oxygen atoms in total. The highest BCUT2D eigenvalue weighted by molar-refractivity contribution is 9.10. The molecule has 5 heteroatoms. The molecule has 2 rings (SSSR count). The van der Waals surface area contributed by atoms with E-state index in [0.717, 1.165) is 23.7 Å². The molecule has 0 heterocycles. The van der Waals surface area contributed by atoms with Crippen molar-refractivity contribution in [1.82, 2.24) is 4.31 Å². The van der Waals surface area contributed by atoms with E-state index in [1.165, 1.54) is 0 Å². The van der Waals surface area contributed by atoms with Gasteiger partial charge in [-0.05, 0) is 43.5 Å². The van der Waals surface area contributed by atoms with E-state index in [2.05, 4.69) is 15.9 Å². The van der Waals surface area contributed by atoms with Gasteiger partial charge in [-0.15, -0.1) is 0 Å². The van der Waals surface area contributed by atoms with E-state index in [9.17, 15) is 8.42 Å². The summed E-state index contributed by atoms with van der Waals surface area (Å²) < 4.78 is 27.4. The molecule has 0 saturated heterocycles. The van der Waals surface area contributed by atoms with Crippen LogP contribution in [0.1, 0.15) is 26.2 Å². The lowest BCUT2D eigenvalue weighted by atomic mass is 10.4. The maximum atomic E-state index is 12.4. The maximum Gasteiger partial charge on any atom is 0.243 e. The van der Waals surface area contributed by atoms with Crippen molar-refractivity contribution in [3.8, 4) is 0 Å². The molecule has 0 atom stereocenters. The number of sulfonamides is 1. The largest absolute Gasteiger partial charge is 0.243 e. The van der Waals surface area contributed by atoms with Gasteiger partial charge in [-0.25, -0.2) is 8.42 Å². The highest BCUT2D eigenvalue weighted by Crippen LogP contribution is 2.32. The number of hydrogen-bond donors (Lipinski definition) is 0. The van der Waals surface area contributed by atoms with Gasteiger partial charge in [0.1, 0.15) is 0 Å². The van der Waals surface area contributed by atoms with Crippen molar-refractivity contribution in [3.63, 3.8) is 0 Å². The number of rotatable bonds is 5. The molecular formula is C12H16BrNO2S. The zero-order valence-electron chi connectivity index (χ0n) is 9.77.